The molecule has 0 bridgehead atoms. The first kappa shape index (κ1) is 20.9. The second-order valence-electron chi connectivity index (χ2n) is 7.67. The second-order valence-corrected chi connectivity index (χ2v) is 7.67. The summed E-state index contributed by atoms with van der Waals surface area (Å²) in [4.78, 5) is 12.4. The van der Waals surface area contributed by atoms with Gasteiger partial charge in [0, 0.05) is 0 Å². The van der Waals surface area contributed by atoms with E-state index in [1.54, 1.807) is 0 Å². The summed E-state index contributed by atoms with van der Waals surface area (Å²) >= 11 is 0. The molecule has 29 heavy (non-hydrogen) atoms. The van der Waals surface area contributed by atoms with Gasteiger partial charge in [0.2, 0.25) is 0 Å². The molecule has 0 aliphatic rings. The molecule has 0 aromatic heterocycles. The number of carbonyl (C=O) groups excluding carboxylic acids is 1. The lowest BCUT2D eigenvalue weighted by molar-refractivity contribution is 0.0734. The molecule has 150 valence electrons. The molecule has 3 rings (SSSR count). The SMILES string of the molecule is CCCc1ccc(OC(=O)c2ccc(-c3ccc(C(C)CCC)cc3)cc2)cc1. The van der Waals surface area contributed by atoms with Crippen molar-refractivity contribution in [1.29, 1.82) is 0 Å². The number of ether oxygens (including phenoxy) is 1. The van der Waals surface area contributed by atoms with E-state index < -0.39 is 0 Å². The van der Waals surface area contributed by atoms with E-state index in [1.807, 2.05) is 48.5 Å². The Morgan fingerprint density at radius 2 is 1.38 bits per heavy atom. The van der Waals surface area contributed by atoms with Gasteiger partial charge in [0.25, 0.3) is 0 Å². The summed E-state index contributed by atoms with van der Waals surface area (Å²) in [5.74, 6) is 0.835. The molecular formula is C27H30O2. The standard InChI is InChI=1S/C27H30O2/c1-4-6-20(3)22-10-12-23(13-11-22)24-14-16-25(17-15-24)27(28)29-26-18-8-21(7-5-2)9-19-26/h8-20H,4-7H2,1-3H3. The molecule has 0 N–H and O–H groups in total. The third-order valence-electron chi connectivity index (χ3n) is 5.33. The number of hydrogen-bond donors (Lipinski definition) is 0. The number of hydrogen-bond acceptors (Lipinski definition) is 2. The normalized spacial score (nSPS) is 11.8. The number of esters is 1. The van der Waals surface area contributed by atoms with Crippen LogP contribution in [0, 0.1) is 0 Å². The van der Waals surface area contributed by atoms with E-state index in [0.29, 0.717) is 17.2 Å². The maximum Gasteiger partial charge on any atom is 0.343 e. The molecule has 0 saturated heterocycles. The van der Waals surface area contributed by atoms with Crippen molar-refractivity contribution in [3.05, 3.63) is 89.5 Å². The molecule has 0 saturated carbocycles. The van der Waals surface area contributed by atoms with Gasteiger partial charge in [-0.05, 0) is 65.3 Å². The minimum Gasteiger partial charge on any atom is -0.423 e. The highest BCUT2D eigenvalue weighted by Gasteiger charge is 2.10. The summed E-state index contributed by atoms with van der Waals surface area (Å²) in [7, 11) is 0. The van der Waals surface area contributed by atoms with Crippen molar-refractivity contribution >= 4 is 5.97 Å². The Bertz CT molecular complexity index is 906. The van der Waals surface area contributed by atoms with Crippen molar-refractivity contribution in [1.82, 2.24) is 0 Å². The van der Waals surface area contributed by atoms with Gasteiger partial charge in [-0.3, -0.25) is 0 Å². The maximum atomic E-state index is 12.4. The molecule has 0 fully saturated rings. The number of rotatable bonds is 8. The summed E-state index contributed by atoms with van der Waals surface area (Å²) in [6, 6.07) is 24.1. The molecule has 0 heterocycles. The van der Waals surface area contributed by atoms with E-state index in [1.165, 1.54) is 24.0 Å². The average Bonchev–Trinajstić information content (AvgIpc) is 2.76. The zero-order valence-corrected chi connectivity index (χ0v) is 17.7. The number of aryl methyl sites for hydroxylation is 1. The largest absolute Gasteiger partial charge is 0.423 e. The van der Waals surface area contributed by atoms with Crippen LogP contribution in [0.3, 0.4) is 0 Å². The topological polar surface area (TPSA) is 26.3 Å². The van der Waals surface area contributed by atoms with Crippen molar-refractivity contribution < 1.29 is 9.53 Å². The molecule has 3 aromatic carbocycles. The van der Waals surface area contributed by atoms with Crippen LogP contribution < -0.4 is 4.74 Å². The molecule has 0 aliphatic carbocycles. The van der Waals surface area contributed by atoms with E-state index in [9.17, 15) is 4.79 Å². The van der Waals surface area contributed by atoms with Gasteiger partial charge in [0.1, 0.15) is 5.75 Å². The van der Waals surface area contributed by atoms with Crippen LogP contribution in [-0.2, 0) is 6.42 Å². The molecule has 2 nitrogen and oxygen atoms in total. The molecular weight excluding hydrogens is 356 g/mol. The van der Waals surface area contributed by atoms with E-state index >= 15 is 0 Å². The monoisotopic (exact) mass is 386 g/mol. The Morgan fingerprint density at radius 1 is 0.793 bits per heavy atom. The van der Waals surface area contributed by atoms with Gasteiger partial charge in [-0.2, -0.15) is 0 Å². The maximum absolute atomic E-state index is 12.4. The molecule has 0 aliphatic heterocycles. The van der Waals surface area contributed by atoms with Crippen LogP contribution in [0.4, 0.5) is 0 Å². The summed E-state index contributed by atoms with van der Waals surface area (Å²) in [5, 5.41) is 0. The van der Waals surface area contributed by atoms with Crippen LogP contribution in [0.15, 0.2) is 72.8 Å². The fourth-order valence-corrected chi connectivity index (χ4v) is 3.58. The predicted octanol–water partition coefficient (Wildman–Crippen LogP) is 7.43. The van der Waals surface area contributed by atoms with Crippen LogP contribution in [0.2, 0.25) is 0 Å². The zero-order chi connectivity index (χ0) is 20.6. The van der Waals surface area contributed by atoms with Crippen LogP contribution in [0.1, 0.15) is 67.4 Å². The summed E-state index contributed by atoms with van der Waals surface area (Å²) in [5.41, 5.74) is 5.44. The van der Waals surface area contributed by atoms with Crippen LogP contribution >= 0.6 is 0 Å². The van der Waals surface area contributed by atoms with Crippen molar-refractivity contribution in [3.8, 4) is 16.9 Å². The number of benzene rings is 3. The fourth-order valence-electron chi connectivity index (χ4n) is 3.58. The van der Waals surface area contributed by atoms with Gasteiger partial charge in [-0.1, -0.05) is 82.1 Å². The first-order valence-corrected chi connectivity index (χ1v) is 10.6. The third-order valence-corrected chi connectivity index (χ3v) is 5.33. The minimum absolute atomic E-state index is 0.330. The molecule has 2 heteroatoms. The Labute approximate surface area is 174 Å². The summed E-state index contributed by atoms with van der Waals surface area (Å²) < 4.78 is 5.51. The number of carbonyl (C=O) groups is 1. The van der Waals surface area contributed by atoms with Gasteiger partial charge in [0.15, 0.2) is 0 Å². The molecule has 0 spiro atoms. The summed E-state index contributed by atoms with van der Waals surface area (Å²) in [6.07, 6.45) is 4.54. The molecule has 0 amide bonds. The van der Waals surface area contributed by atoms with Crippen LogP contribution in [-0.4, -0.2) is 5.97 Å². The second kappa shape index (κ2) is 10.1. The molecule has 0 radical (unpaired) electrons. The van der Waals surface area contributed by atoms with Gasteiger partial charge in [0.05, 0.1) is 5.56 Å². The summed E-state index contributed by atoms with van der Waals surface area (Å²) in [6.45, 7) is 6.65. The van der Waals surface area contributed by atoms with Gasteiger partial charge >= 0.3 is 5.97 Å². The zero-order valence-electron chi connectivity index (χ0n) is 17.7. The Kier molecular flexibility index (Phi) is 7.24. The molecule has 3 aromatic rings. The van der Waals surface area contributed by atoms with Crippen LogP contribution in [0.5, 0.6) is 5.75 Å². The third kappa shape index (κ3) is 5.57. The Morgan fingerprint density at radius 3 is 1.93 bits per heavy atom. The van der Waals surface area contributed by atoms with E-state index in [0.717, 1.165) is 24.0 Å². The first-order chi connectivity index (χ1) is 14.1. The Balaban J connectivity index is 1.65. The van der Waals surface area contributed by atoms with Crippen molar-refractivity contribution in [3.63, 3.8) is 0 Å². The average molecular weight is 387 g/mol. The van der Waals surface area contributed by atoms with Crippen molar-refractivity contribution in [2.24, 2.45) is 0 Å². The van der Waals surface area contributed by atoms with Crippen molar-refractivity contribution in [2.45, 2.75) is 52.4 Å². The molecule has 1 unspecified atom stereocenters. The van der Waals surface area contributed by atoms with Crippen molar-refractivity contribution in [2.75, 3.05) is 0 Å². The highest BCUT2D eigenvalue weighted by molar-refractivity contribution is 5.91. The molecule has 1 atom stereocenters. The first-order valence-electron chi connectivity index (χ1n) is 10.6. The van der Waals surface area contributed by atoms with Gasteiger partial charge in [-0.15, -0.1) is 0 Å². The van der Waals surface area contributed by atoms with E-state index in [-0.39, 0.29) is 5.97 Å². The highest BCUT2D eigenvalue weighted by Crippen LogP contribution is 2.25. The van der Waals surface area contributed by atoms with Crippen LogP contribution in [0.25, 0.3) is 11.1 Å². The lowest BCUT2D eigenvalue weighted by Crippen LogP contribution is -2.08. The quantitative estimate of drug-likeness (QED) is 0.297. The lowest BCUT2D eigenvalue weighted by Gasteiger charge is -2.11. The smallest absolute Gasteiger partial charge is 0.343 e. The minimum atomic E-state index is -0.330. The highest BCUT2D eigenvalue weighted by atomic mass is 16.5. The lowest BCUT2D eigenvalue weighted by atomic mass is 9.94. The van der Waals surface area contributed by atoms with E-state index in [4.69, 9.17) is 4.74 Å². The Hall–Kier alpha value is -2.87. The predicted molar refractivity (Wildman–Crippen MR) is 121 cm³/mol. The van der Waals surface area contributed by atoms with Gasteiger partial charge < -0.3 is 4.74 Å². The van der Waals surface area contributed by atoms with Gasteiger partial charge in [-0.25, -0.2) is 4.79 Å². The fraction of sp³-hybridized carbons (Fsp3) is 0.296. The van der Waals surface area contributed by atoms with E-state index in [2.05, 4.69) is 45.0 Å².